The Hall–Kier alpha value is -2.37. The number of rotatable bonds is 3. The van der Waals surface area contributed by atoms with Crippen LogP contribution in [0.25, 0.3) is 10.9 Å². The average molecular weight is 265 g/mol. The van der Waals surface area contributed by atoms with Crippen LogP contribution < -0.4 is 11.3 Å². The van der Waals surface area contributed by atoms with Crippen molar-refractivity contribution in [3.8, 4) is 0 Å². The van der Waals surface area contributed by atoms with Gasteiger partial charge in [-0.05, 0) is 19.1 Å². The van der Waals surface area contributed by atoms with Gasteiger partial charge in [-0.1, -0.05) is 24.3 Å². The summed E-state index contributed by atoms with van der Waals surface area (Å²) in [5, 5.41) is 1.08. The Balaban J connectivity index is 2.17. The molecular weight excluding hydrogens is 250 g/mol. The Morgan fingerprint density at radius 3 is 2.70 bits per heavy atom. The summed E-state index contributed by atoms with van der Waals surface area (Å²) in [5.74, 6) is 6.46. The molecule has 0 amide bonds. The molecule has 100 valence electrons. The number of hydrogen-bond acceptors (Lipinski definition) is 5. The molecule has 3 N–H and O–H groups in total. The monoisotopic (exact) mass is 265 g/mol. The minimum absolute atomic E-state index is 0.213. The van der Waals surface area contributed by atoms with Crippen LogP contribution in [-0.4, -0.2) is 15.0 Å². The average Bonchev–Trinajstić information content (AvgIpc) is 2.48. The molecule has 0 fully saturated rings. The molecule has 1 unspecified atom stereocenters. The SMILES string of the molecule is Cc1nccc(C(NN)c2cccc3cccnc23)n1. The molecular formula is C15H15N5. The van der Waals surface area contributed by atoms with E-state index >= 15 is 0 Å². The molecule has 0 spiro atoms. The Labute approximate surface area is 116 Å². The lowest BCUT2D eigenvalue weighted by molar-refractivity contribution is 0.619. The molecule has 3 aromatic rings. The summed E-state index contributed by atoms with van der Waals surface area (Å²) >= 11 is 0. The predicted octanol–water partition coefficient (Wildman–Crippen LogP) is 1.89. The van der Waals surface area contributed by atoms with Gasteiger partial charge in [-0.3, -0.25) is 10.8 Å². The van der Waals surface area contributed by atoms with Crippen molar-refractivity contribution in [3.63, 3.8) is 0 Å². The molecule has 2 aromatic heterocycles. The first-order valence-corrected chi connectivity index (χ1v) is 6.39. The smallest absolute Gasteiger partial charge is 0.125 e. The van der Waals surface area contributed by atoms with Crippen LogP contribution >= 0.6 is 0 Å². The molecule has 0 aliphatic rings. The number of hydrazine groups is 1. The minimum Gasteiger partial charge on any atom is -0.271 e. The summed E-state index contributed by atoms with van der Waals surface area (Å²) in [5.41, 5.74) is 5.58. The van der Waals surface area contributed by atoms with E-state index in [0.29, 0.717) is 0 Å². The second-order valence-electron chi connectivity index (χ2n) is 4.55. The van der Waals surface area contributed by atoms with E-state index in [-0.39, 0.29) is 6.04 Å². The summed E-state index contributed by atoms with van der Waals surface area (Å²) in [6.07, 6.45) is 3.52. The number of nitrogens with one attached hydrogen (secondary N) is 1. The summed E-state index contributed by atoms with van der Waals surface area (Å²) < 4.78 is 0. The molecule has 0 aliphatic heterocycles. The number of aryl methyl sites for hydroxylation is 1. The Morgan fingerprint density at radius 1 is 1.05 bits per heavy atom. The van der Waals surface area contributed by atoms with Crippen LogP contribution in [-0.2, 0) is 0 Å². The maximum Gasteiger partial charge on any atom is 0.125 e. The first kappa shape index (κ1) is 12.7. The van der Waals surface area contributed by atoms with Crippen molar-refractivity contribution < 1.29 is 0 Å². The van der Waals surface area contributed by atoms with Gasteiger partial charge in [0.15, 0.2) is 0 Å². The fourth-order valence-electron chi connectivity index (χ4n) is 2.33. The largest absolute Gasteiger partial charge is 0.271 e. The van der Waals surface area contributed by atoms with E-state index in [9.17, 15) is 0 Å². The predicted molar refractivity (Wildman–Crippen MR) is 77.7 cm³/mol. The van der Waals surface area contributed by atoms with Crippen LogP contribution in [0.3, 0.4) is 0 Å². The first-order chi connectivity index (χ1) is 9.79. The van der Waals surface area contributed by atoms with Crippen LogP contribution in [0.1, 0.15) is 23.1 Å². The van der Waals surface area contributed by atoms with Gasteiger partial charge in [0.1, 0.15) is 5.82 Å². The van der Waals surface area contributed by atoms with Gasteiger partial charge in [0.05, 0.1) is 17.3 Å². The molecule has 0 radical (unpaired) electrons. The van der Waals surface area contributed by atoms with Crippen LogP contribution in [0.2, 0.25) is 0 Å². The summed E-state index contributed by atoms with van der Waals surface area (Å²) in [6, 6.07) is 11.6. The number of pyridine rings is 1. The number of hydrogen-bond donors (Lipinski definition) is 2. The second-order valence-corrected chi connectivity index (χ2v) is 4.55. The standard InChI is InChI=1S/C15H15N5/c1-10-17-9-7-13(19-10)15(20-16)12-6-2-4-11-5-3-8-18-14(11)12/h2-9,15,20H,16H2,1H3. The number of para-hydroxylation sites is 1. The van der Waals surface area contributed by atoms with Gasteiger partial charge in [-0.15, -0.1) is 0 Å². The molecule has 0 saturated heterocycles. The van der Waals surface area contributed by atoms with E-state index in [1.54, 1.807) is 12.4 Å². The van der Waals surface area contributed by atoms with Gasteiger partial charge in [-0.25, -0.2) is 15.4 Å². The third-order valence-electron chi connectivity index (χ3n) is 3.23. The van der Waals surface area contributed by atoms with Crippen LogP contribution in [0, 0.1) is 6.92 Å². The lowest BCUT2D eigenvalue weighted by atomic mass is 10.0. The highest BCUT2D eigenvalue weighted by atomic mass is 15.2. The molecule has 2 heterocycles. The minimum atomic E-state index is -0.213. The quantitative estimate of drug-likeness (QED) is 0.558. The van der Waals surface area contributed by atoms with Crippen molar-refractivity contribution in [2.45, 2.75) is 13.0 Å². The van der Waals surface area contributed by atoms with Crippen molar-refractivity contribution in [2.75, 3.05) is 0 Å². The van der Waals surface area contributed by atoms with Crippen LogP contribution in [0.5, 0.6) is 0 Å². The van der Waals surface area contributed by atoms with E-state index in [1.165, 1.54) is 0 Å². The van der Waals surface area contributed by atoms with Crippen molar-refractivity contribution in [3.05, 3.63) is 65.9 Å². The van der Waals surface area contributed by atoms with Gasteiger partial charge in [0, 0.05) is 23.3 Å². The molecule has 1 atom stereocenters. The Bertz CT molecular complexity index is 736. The highest BCUT2D eigenvalue weighted by Crippen LogP contribution is 2.25. The molecule has 0 saturated carbocycles. The van der Waals surface area contributed by atoms with Crippen molar-refractivity contribution in [2.24, 2.45) is 5.84 Å². The van der Waals surface area contributed by atoms with Gasteiger partial charge in [-0.2, -0.15) is 0 Å². The van der Waals surface area contributed by atoms with E-state index in [4.69, 9.17) is 5.84 Å². The Morgan fingerprint density at radius 2 is 1.90 bits per heavy atom. The van der Waals surface area contributed by atoms with Crippen LogP contribution in [0.4, 0.5) is 0 Å². The molecule has 1 aromatic carbocycles. The maximum atomic E-state index is 5.74. The van der Waals surface area contributed by atoms with Crippen molar-refractivity contribution in [1.29, 1.82) is 0 Å². The molecule has 0 aliphatic carbocycles. The zero-order valence-electron chi connectivity index (χ0n) is 11.1. The highest BCUT2D eigenvalue weighted by Gasteiger charge is 2.17. The number of fused-ring (bicyclic) bond motifs is 1. The maximum absolute atomic E-state index is 5.74. The molecule has 5 heteroatoms. The summed E-state index contributed by atoms with van der Waals surface area (Å²) in [6.45, 7) is 1.86. The molecule has 0 bridgehead atoms. The normalized spacial score (nSPS) is 12.5. The van der Waals surface area contributed by atoms with Gasteiger partial charge >= 0.3 is 0 Å². The summed E-state index contributed by atoms with van der Waals surface area (Å²) in [4.78, 5) is 13.0. The van der Waals surface area contributed by atoms with Crippen molar-refractivity contribution >= 4 is 10.9 Å². The third-order valence-corrected chi connectivity index (χ3v) is 3.23. The molecule has 20 heavy (non-hydrogen) atoms. The fraction of sp³-hybridized carbons (Fsp3) is 0.133. The van der Waals surface area contributed by atoms with Gasteiger partial charge < -0.3 is 0 Å². The number of nitrogens with two attached hydrogens (primary N) is 1. The van der Waals surface area contributed by atoms with E-state index < -0.39 is 0 Å². The third kappa shape index (κ3) is 2.24. The van der Waals surface area contributed by atoms with E-state index in [1.807, 2.05) is 43.3 Å². The number of benzene rings is 1. The number of aromatic nitrogens is 3. The fourth-order valence-corrected chi connectivity index (χ4v) is 2.33. The molecule has 3 rings (SSSR count). The van der Waals surface area contributed by atoms with E-state index in [2.05, 4.69) is 20.4 Å². The molecule has 5 nitrogen and oxygen atoms in total. The topological polar surface area (TPSA) is 76.7 Å². The number of nitrogens with zero attached hydrogens (tertiary/aromatic N) is 3. The second kappa shape index (κ2) is 5.32. The zero-order valence-corrected chi connectivity index (χ0v) is 11.1. The van der Waals surface area contributed by atoms with Crippen molar-refractivity contribution in [1.82, 2.24) is 20.4 Å². The summed E-state index contributed by atoms with van der Waals surface area (Å²) in [7, 11) is 0. The lowest BCUT2D eigenvalue weighted by Crippen LogP contribution is -2.30. The zero-order chi connectivity index (χ0) is 13.9. The van der Waals surface area contributed by atoms with Gasteiger partial charge in [0.25, 0.3) is 0 Å². The van der Waals surface area contributed by atoms with Crippen LogP contribution in [0.15, 0.2) is 48.8 Å². The van der Waals surface area contributed by atoms with E-state index in [0.717, 1.165) is 28.0 Å². The Kier molecular flexibility index (Phi) is 3.37. The highest BCUT2D eigenvalue weighted by molar-refractivity contribution is 5.82. The first-order valence-electron chi connectivity index (χ1n) is 6.39. The lowest BCUT2D eigenvalue weighted by Gasteiger charge is -2.17. The van der Waals surface area contributed by atoms with Gasteiger partial charge in [0.2, 0.25) is 0 Å².